The first kappa shape index (κ1) is 41.8. The first-order valence-electron chi connectivity index (χ1n) is 19.6. The van der Waals surface area contributed by atoms with E-state index < -0.39 is 86.2 Å². The summed E-state index contributed by atoms with van der Waals surface area (Å²) >= 11 is 0. The molecule has 2 heterocycles. The van der Waals surface area contributed by atoms with Gasteiger partial charge < -0.3 is 25.0 Å². The minimum Gasteiger partial charge on any atom is -0.444 e. The number of alkyl carbamates (subject to hydrolysis) is 1. The lowest BCUT2D eigenvalue weighted by atomic mass is 10.0. The molecule has 0 aromatic heterocycles. The number of ether oxygens (including phenoxy) is 2. The number of rotatable bonds is 14. The van der Waals surface area contributed by atoms with Crippen LogP contribution >= 0.6 is 0 Å². The van der Waals surface area contributed by atoms with Crippen molar-refractivity contribution < 1.29 is 51.0 Å². The van der Waals surface area contributed by atoms with Crippen molar-refractivity contribution in [2.75, 3.05) is 6.54 Å². The van der Waals surface area contributed by atoms with E-state index >= 15 is 0 Å². The quantitative estimate of drug-likeness (QED) is 0.183. The Hall–Kier alpha value is -4.80. The van der Waals surface area contributed by atoms with E-state index in [2.05, 4.69) is 21.9 Å². The van der Waals surface area contributed by atoms with Gasteiger partial charge >= 0.3 is 12.2 Å². The molecular formula is C40H52FN5O10S. The summed E-state index contributed by atoms with van der Waals surface area (Å²) in [5, 5.41) is 4.54. The minimum absolute atomic E-state index is 0.0461. The Morgan fingerprint density at radius 3 is 2.42 bits per heavy atom. The highest BCUT2D eigenvalue weighted by atomic mass is 32.2. The van der Waals surface area contributed by atoms with Gasteiger partial charge in [0.05, 0.1) is 18.3 Å². The molecular weight excluding hydrogens is 762 g/mol. The maximum atomic E-state index is 14.5. The van der Waals surface area contributed by atoms with Crippen molar-refractivity contribution in [2.24, 2.45) is 11.8 Å². The highest BCUT2D eigenvalue weighted by molar-refractivity contribution is 7.91. The highest BCUT2D eigenvalue weighted by Crippen LogP contribution is 2.45. The normalized spacial score (nSPS) is 25.1. The first-order valence-corrected chi connectivity index (χ1v) is 21.2. The molecule has 5 atom stereocenters. The molecule has 3 saturated carbocycles. The average Bonchev–Trinajstić information content (AvgIpc) is 3.92. The Labute approximate surface area is 332 Å². The minimum atomic E-state index is -3.97. The second-order valence-electron chi connectivity index (χ2n) is 16.8. The van der Waals surface area contributed by atoms with Crippen molar-refractivity contribution in [2.45, 2.75) is 133 Å². The molecule has 5 amide bonds. The zero-order valence-electron chi connectivity index (χ0n) is 32.6. The molecule has 5 aliphatic rings. The number of hydrogen-bond acceptors (Lipinski definition) is 10. The Kier molecular flexibility index (Phi) is 12.2. The smallest absolute Gasteiger partial charge is 0.410 e. The van der Waals surface area contributed by atoms with Gasteiger partial charge in [-0.2, -0.15) is 0 Å². The monoisotopic (exact) mass is 813 g/mol. The van der Waals surface area contributed by atoms with E-state index in [1.165, 1.54) is 23.1 Å². The predicted octanol–water partition coefficient (Wildman–Crippen LogP) is 3.91. The number of sulfonamides is 1. The zero-order valence-corrected chi connectivity index (χ0v) is 33.4. The summed E-state index contributed by atoms with van der Waals surface area (Å²) < 4.78 is 53.2. The third kappa shape index (κ3) is 10.0. The lowest BCUT2D eigenvalue weighted by molar-refractivity contribution is -0.141. The fourth-order valence-corrected chi connectivity index (χ4v) is 9.16. The Balaban J connectivity index is 1.22. The van der Waals surface area contributed by atoms with E-state index in [9.17, 15) is 41.6 Å². The van der Waals surface area contributed by atoms with Crippen molar-refractivity contribution in [3.63, 3.8) is 0 Å². The van der Waals surface area contributed by atoms with Crippen LogP contribution in [0, 0.1) is 17.7 Å². The molecule has 1 aromatic carbocycles. The Bertz CT molecular complexity index is 1940. The molecule has 2 aliphatic heterocycles. The Morgan fingerprint density at radius 2 is 1.79 bits per heavy atom. The van der Waals surface area contributed by atoms with Gasteiger partial charge in [0.25, 0.3) is 5.91 Å². The standard InChI is InChI=1S/C40H52FN5O10S/c1-5-26-20-40(26,36(50)44-57(53,54)29-16-17-29)43-34(48)33-19-28(55-38(52)45-21-25-11-8-12-31(41)30(25)23-45)22-46(33)35(49)32(42-37(51)56-39(2,3)4)18-15-27(47)14-13-24-9-6-7-10-24/h5,8,11-14,24,26,28-29,32-33H,1,6-7,9-10,15-23H2,2-4H3,(H,42,51)(H,43,48)(H,44,50)/b14-13-/t26-,28-,32-,33+,40-/m1/s1. The number of amides is 5. The van der Waals surface area contributed by atoms with Gasteiger partial charge in [0.15, 0.2) is 5.78 Å². The molecule has 310 valence electrons. The van der Waals surface area contributed by atoms with Crippen LogP contribution in [0.25, 0.3) is 0 Å². The van der Waals surface area contributed by atoms with Gasteiger partial charge in [-0.25, -0.2) is 22.4 Å². The SMILES string of the molecule is C=C[C@@H]1C[C@]1(NC(=O)[C@@H]1C[C@@H](OC(=O)N2Cc3cccc(F)c3C2)CN1C(=O)[C@@H](CCC(=O)/C=C\C1CCCC1)NC(=O)OC(C)(C)C)C(=O)NS(=O)(=O)C1CC1. The van der Waals surface area contributed by atoms with Crippen LogP contribution in [0.1, 0.15) is 96.1 Å². The lowest BCUT2D eigenvalue weighted by Crippen LogP contribution is -2.58. The summed E-state index contributed by atoms with van der Waals surface area (Å²) in [5.74, 6) is -3.56. The fourth-order valence-electron chi connectivity index (χ4n) is 7.79. The van der Waals surface area contributed by atoms with Crippen molar-refractivity contribution >= 4 is 45.7 Å². The third-order valence-corrected chi connectivity index (χ3v) is 13.0. The molecule has 4 fully saturated rings. The van der Waals surface area contributed by atoms with Gasteiger partial charge in [0, 0.05) is 30.9 Å². The molecule has 0 bridgehead atoms. The number of nitrogens with zero attached hydrogens (tertiary/aromatic N) is 2. The van der Waals surface area contributed by atoms with Crippen molar-refractivity contribution in [3.05, 3.63) is 60.0 Å². The van der Waals surface area contributed by atoms with Gasteiger partial charge in [0.1, 0.15) is 35.1 Å². The number of likely N-dealkylation sites (tertiary alicyclic amines) is 1. The van der Waals surface area contributed by atoms with Gasteiger partial charge in [-0.3, -0.25) is 28.8 Å². The summed E-state index contributed by atoms with van der Waals surface area (Å²) in [4.78, 5) is 84.1. The average molecular weight is 814 g/mol. The largest absolute Gasteiger partial charge is 0.444 e. The molecule has 3 aliphatic carbocycles. The van der Waals surface area contributed by atoms with Crippen LogP contribution in [-0.4, -0.2) is 95.0 Å². The highest BCUT2D eigenvalue weighted by Gasteiger charge is 2.62. The van der Waals surface area contributed by atoms with Crippen LogP contribution in [0.15, 0.2) is 43.0 Å². The number of nitrogens with one attached hydrogen (secondary N) is 3. The van der Waals surface area contributed by atoms with Crippen LogP contribution in [0.3, 0.4) is 0 Å². The van der Waals surface area contributed by atoms with Crippen molar-refractivity contribution in [1.29, 1.82) is 0 Å². The molecule has 1 aromatic rings. The lowest BCUT2D eigenvalue weighted by Gasteiger charge is -2.30. The number of halogens is 1. The molecule has 17 heteroatoms. The van der Waals surface area contributed by atoms with E-state index in [1.807, 2.05) is 6.08 Å². The van der Waals surface area contributed by atoms with E-state index in [0.717, 1.165) is 30.6 Å². The Morgan fingerprint density at radius 1 is 1.07 bits per heavy atom. The first-order chi connectivity index (χ1) is 26.9. The van der Waals surface area contributed by atoms with Crippen LogP contribution in [0.5, 0.6) is 0 Å². The number of benzene rings is 1. The maximum Gasteiger partial charge on any atom is 0.410 e. The van der Waals surface area contributed by atoms with E-state index in [-0.39, 0.29) is 51.1 Å². The zero-order chi connectivity index (χ0) is 41.3. The van der Waals surface area contributed by atoms with Gasteiger partial charge in [0.2, 0.25) is 21.8 Å². The van der Waals surface area contributed by atoms with Gasteiger partial charge in [-0.15, -0.1) is 6.58 Å². The maximum absolute atomic E-state index is 14.5. The van der Waals surface area contributed by atoms with Crippen molar-refractivity contribution in [3.8, 4) is 0 Å². The second kappa shape index (κ2) is 16.6. The number of fused-ring (bicyclic) bond motifs is 1. The molecule has 15 nitrogen and oxygen atoms in total. The van der Waals surface area contributed by atoms with Crippen LogP contribution in [0.2, 0.25) is 0 Å². The summed E-state index contributed by atoms with van der Waals surface area (Å²) in [7, 11) is -3.97. The van der Waals surface area contributed by atoms with Crippen LogP contribution < -0.4 is 15.4 Å². The molecule has 0 unspecified atom stereocenters. The summed E-state index contributed by atoms with van der Waals surface area (Å²) in [6, 6.07) is 1.82. The molecule has 0 spiro atoms. The molecule has 3 N–H and O–H groups in total. The molecule has 1 saturated heterocycles. The third-order valence-electron chi connectivity index (χ3n) is 11.2. The summed E-state index contributed by atoms with van der Waals surface area (Å²) in [5.41, 5.74) is -1.63. The van der Waals surface area contributed by atoms with Crippen LogP contribution in [-0.2, 0) is 51.8 Å². The van der Waals surface area contributed by atoms with E-state index in [4.69, 9.17) is 9.47 Å². The van der Waals surface area contributed by atoms with Gasteiger partial charge in [-0.05, 0) is 82.9 Å². The molecule has 0 radical (unpaired) electrons. The van der Waals surface area contributed by atoms with Crippen molar-refractivity contribution in [1.82, 2.24) is 25.2 Å². The number of allylic oxidation sites excluding steroid dienone is 2. The van der Waals surface area contributed by atoms with Gasteiger partial charge in [-0.1, -0.05) is 37.1 Å². The summed E-state index contributed by atoms with van der Waals surface area (Å²) in [6.45, 7) is 8.39. The predicted molar refractivity (Wildman–Crippen MR) is 204 cm³/mol. The summed E-state index contributed by atoms with van der Waals surface area (Å²) in [6.07, 6.45) is 6.54. The number of carbonyl (C=O) groups excluding carboxylic acids is 6. The fraction of sp³-hybridized carbons (Fsp3) is 0.600. The second-order valence-corrected chi connectivity index (χ2v) is 18.7. The molecule has 6 rings (SSSR count). The van der Waals surface area contributed by atoms with E-state index in [0.29, 0.717) is 29.9 Å². The van der Waals surface area contributed by atoms with E-state index in [1.54, 1.807) is 32.9 Å². The number of ketones is 1. The number of carbonyl (C=O) groups is 6. The topological polar surface area (TPSA) is 198 Å². The number of hydrogen-bond donors (Lipinski definition) is 3. The molecule has 57 heavy (non-hydrogen) atoms. The van der Waals surface area contributed by atoms with Crippen LogP contribution in [0.4, 0.5) is 14.0 Å².